The van der Waals surface area contributed by atoms with Crippen LogP contribution in [0.1, 0.15) is 42.6 Å². The van der Waals surface area contributed by atoms with E-state index in [4.69, 9.17) is 4.74 Å². The molecule has 2 amide bonds. The predicted molar refractivity (Wildman–Crippen MR) is 120 cm³/mol. The number of ether oxygens (including phenoxy) is 1. The second-order valence-corrected chi connectivity index (χ2v) is 9.63. The highest BCUT2D eigenvalue weighted by atomic mass is 16.5. The van der Waals surface area contributed by atoms with E-state index in [1.165, 1.54) is 0 Å². The van der Waals surface area contributed by atoms with Crippen molar-refractivity contribution in [3.05, 3.63) is 30.0 Å². The molecule has 2 saturated heterocycles. The van der Waals surface area contributed by atoms with Gasteiger partial charge in [0.15, 0.2) is 0 Å². The Labute approximate surface area is 192 Å². The number of carbonyl (C=O) groups excluding carboxylic acids is 2. The van der Waals surface area contributed by atoms with Crippen molar-refractivity contribution < 1.29 is 19.4 Å². The first-order valence-electron chi connectivity index (χ1n) is 11.5. The number of nitrogens with one attached hydrogen (secondary N) is 3. The molecule has 4 unspecified atom stereocenters. The Hall–Kier alpha value is -3.09. The molecular weight excluding hydrogens is 422 g/mol. The van der Waals surface area contributed by atoms with Gasteiger partial charge in [0.1, 0.15) is 29.8 Å². The normalized spacial score (nSPS) is 26.3. The summed E-state index contributed by atoms with van der Waals surface area (Å²) in [7, 11) is 1.59. The minimum atomic E-state index is -0.706. The number of methoxy groups -OCH3 is 1. The van der Waals surface area contributed by atoms with Crippen molar-refractivity contribution in [2.24, 2.45) is 11.3 Å². The summed E-state index contributed by atoms with van der Waals surface area (Å²) in [5.41, 5.74) is 1.23. The molecule has 1 aliphatic carbocycles. The Kier molecular flexibility index (Phi) is 5.51. The molecule has 1 saturated carbocycles. The molecule has 174 valence electrons. The van der Waals surface area contributed by atoms with E-state index in [0.29, 0.717) is 37.4 Å². The summed E-state index contributed by atoms with van der Waals surface area (Å²) in [6, 6.07) is 8.19. The molecular formula is C24H29N5O4. The van der Waals surface area contributed by atoms with Crippen LogP contribution in [0.4, 0.5) is 0 Å². The Morgan fingerprint density at radius 1 is 1.42 bits per heavy atom. The monoisotopic (exact) mass is 451 g/mol. The molecule has 1 aromatic heterocycles. The van der Waals surface area contributed by atoms with Gasteiger partial charge in [0.05, 0.1) is 13.2 Å². The molecule has 3 heterocycles. The van der Waals surface area contributed by atoms with Crippen molar-refractivity contribution >= 4 is 22.7 Å². The second-order valence-electron chi connectivity index (χ2n) is 9.63. The molecule has 0 radical (unpaired) electrons. The SMILES string of the molecule is COc1cccc2[nH]c(C(=O)N3CC4(CC4)CC3C(=O)NC(C#N)CC3CCNC3O)cc12. The number of rotatable bonds is 6. The Morgan fingerprint density at radius 3 is 2.91 bits per heavy atom. The van der Waals surface area contributed by atoms with Crippen LogP contribution >= 0.6 is 0 Å². The number of hydrogen-bond acceptors (Lipinski definition) is 6. The third kappa shape index (κ3) is 4.05. The highest BCUT2D eigenvalue weighted by Crippen LogP contribution is 2.55. The number of aromatic amines is 1. The largest absolute Gasteiger partial charge is 0.496 e. The van der Waals surface area contributed by atoms with Gasteiger partial charge in [-0.25, -0.2) is 0 Å². The highest BCUT2D eigenvalue weighted by molar-refractivity contribution is 6.02. The van der Waals surface area contributed by atoms with Crippen molar-refractivity contribution in [3.63, 3.8) is 0 Å². The van der Waals surface area contributed by atoms with Crippen LogP contribution in [0.2, 0.25) is 0 Å². The van der Waals surface area contributed by atoms with Gasteiger partial charge in [0.2, 0.25) is 5.91 Å². The number of aliphatic hydroxyl groups excluding tert-OH is 1. The van der Waals surface area contributed by atoms with Gasteiger partial charge in [-0.1, -0.05) is 6.07 Å². The van der Waals surface area contributed by atoms with E-state index >= 15 is 0 Å². The first-order valence-corrected chi connectivity index (χ1v) is 11.5. The zero-order valence-electron chi connectivity index (χ0n) is 18.6. The summed E-state index contributed by atoms with van der Waals surface area (Å²) in [5, 5.41) is 26.2. The van der Waals surface area contributed by atoms with Gasteiger partial charge in [0.25, 0.3) is 5.91 Å². The van der Waals surface area contributed by atoms with Crippen LogP contribution in [0.3, 0.4) is 0 Å². The summed E-state index contributed by atoms with van der Waals surface area (Å²) in [6.07, 6.45) is 3.10. The molecule has 1 spiro atoms. The fourth-order valence-electron chi connectivity index (χ4n) is 5.32. The van der Waals surface area contributed by atoms with Crippen LogP contribution in [0.25, 0.3) is 10.9 Å². The van der Waals surface area contributed by atoms with Gasteiger partial charge < -0.3 is 25.0 Å². The number of H-pyrrole nitrogens is 1. The molecule has 9 heteroatoms. The molecule has 5 rings (SSSR count). The van der Waals surface area contributed by atoms with Gasteiger partial charge in [-0.2, -0.15) is 5.26 Å². The molecule has 1 aromatic carbocycles. The van der Waals surface area contributed by atoms with Gasteiger partial charge in [-0.3, -0.25) is 14.9 Å². The van der Waals surface area contributed by atoms with Gasteiger partial charge >= 0.3 is 0 Å². The number of fused-ring (bicyclic) bond motifs is 1. The van der Waals surface area contributed by atoms with Crippen LogP contribution in [-0.4, -0.2) is 65.3 Å². The third-order valence-corrected chi connectivity index (χ3v) is 7.43. The topological polar surface area (TPSA) is 130 Å². The Balaban J connectivity index is 1.34. The Bertz CT molecular complexity index is 1120. The summed E-state index contributed by atoms with van der Waals surface area (Å²) >= 11 is 0. The number of nitrogens with zero attached hydrogens (tertiary/aromatic N) is 2. The Morgan fingerprint density at radius 2 is 2.24 bits per heavy atom. The number of benzene rings is 1. The van der Waals surface area contributed by atoms with Crippen LogP contribution in [0, 0.1) is 22.7 Å². The second kappa shape index (κ2) is 8.36. The summed E-state index contributed by atoms with van der Waals surface area (Å²) in [4.78, 5) is 31.6. The lowest BCUT2D eigenvalue weighted by Crippen LogP contribution is -2.49. The number of carbonyl (C=O) groups is 2. The maximum Gasteiger partial charge on any atom is 0.271 e. The molecule has 3 fully saturated rings. The molecule has 0 bridgehead atoms. The van der Waals surface area contributed by atoms with Crippen LogP contribution in [0.15, 0.2) is 24.3 Å². The van der Waals surface area contributed by atoms with E-state index in [9.17, 15) is 20.0 Å². The van der Waals surface area contributed by atoms with E-state index < -0.39 is 18.3 Å². The quantitative estimate of drug-likeness (QED) is 0.527. The lowest BCUT2D eigenvalue weighted by Gasteiger charge is -2.25. The molecule has 9 nitrogen and oxygen atoms in total. The average molecular weight is 452 g/mol. The predicted octanol–water partition coefficient (Wildman–Crippen LogP) is 1.50. The number of aromatic nitrogens is 1. The van der Waals surface area contributed by atoms with Crippen molar-refractivity contribution in [1.82, 2.24) is 20.5 Å². The highest BCUT2D eigenvalue weighted by Gasteiger charge is 2.55. The lowest BCUT2D eigenvalue weighted by atomic mass is 9.97. The standard InChI is InChI=1S/C24H29N5O4/c1-33-20-4-2-3-17-16(20)10-18(28-17)23(32)29-13-24(6-7-24)11-19(29)22(31)27-15(12-25)9-14-5-8-26-21(14)30/h2-4,10,14-15,19,21,26,28,30H,5-9,11,13H2,1H3,(H,27,31). The van der Waals surface area contributed by atoms with E-state index in [1.807, 2.05) is 18.2 Å². The smallest absolute Gasteiger partial charge is 0.271 e. The number of aliphatic hydroxyl groups is 1. The summed E-state index contributed by atoms with van der Waals surface area (Å²) in [5.74, 6) is 0.0823. The molecule has 4 atom stereocenters. The fourth-order valence-corrected chi connectivity index (χ4v) is 5.32. The van der Waals surface area contributed by atoms with Crippen molar-refractivity contribution in [2.45, 2.75) is 50.4 Å². The van der Waals surface area contributed by atoms with Gasteiger partial charge in [-0.15, -0.1) is 0 Å². The lowest BCUT2D eigenvalue weighted by molar-refractivity contribution is -0.125. The van der Waals surface area contributed by atoms with Gasteiger partial charge in [-0.05, 0) is 62.3 Å². The van der Waals surface area contributed by atoms with E-state index in [2.05, 4.69) is 21.7 Å². The van der Waals surface area contributed by atoms with Crippen LogP contribution < -0.4 is 15.4 Å². The molecule has 33 heavy (non-hydrogen) atoms. The van der Waals surface area contributed by atoms with Crippen LogP contribution in [-0.2, 0) is 4.79 Å². The van der Waals surface area contributed by atoms with Crippen molar-refractivity contribution in [2.75, 3.05) is 20.2 Å². The van der Waals surface area contributed by atoms with Crippen LogP contribution in [0.5, 0.6) is 5.75 Å². The third-order valence-electron chi connectivity index (χ3n) is 7.43. The first-order chi connectivity index (χ1) is 15.9. The molecule has 4 N–H and O–H groups in total. The summed E-state index contributed by atoms with van der Waals surface area (Å²) in [6.45, 7) is 1.24. The van der Waals surface area contributed by atoms with E-state index in [0.717, 1.165) is 30.2 Å². The zero-order chi connectivity index (χ0) is 23.2. The molecule has 2 aromatic rings. The fraction of sp³-hybridized carbons (Fsp3) is 0.542. The number of likely N-dealkylation sites (tertiary alicyclic amines) is 1. The maximum absolute atomic E-state index is 13.5. The molecule has 3 aliphatic rings. The van der Waals surface area contributed by atoms with Gasteiger partial charge in [0, 0.05) is 23.4 Å². The number of nitriles is 1. The minimum absolute atomic E-state index is 0.00901. The summed E-state index contributed by atoms with van der Waals surface area (Å²) < 4.78 is 5.40. The minimum Gasteiger partial charge on any atom is -0.496 e. The number of amides is 2. The van der Waals surface area contributed by atoms with E-state index in [1.54, 1.807) is 18.1 Å². The van der Waals surface area contributed by atoms with E-state index in [-0.39, 0.29) is 23.1 Å². The molecule has 2 aliphatic heterocycles. The zero-order valence-corrected chi connectivity index (χ0v) is 18.6. The van der Waals surface area contributed by atoms with Crippen molar-refractivity contribution in [1.29, 1.82) is 5.26 Å². The number of hydrogen-bond donors (Lipinski definition) is 4. The van der Waals surface area contributed by atoms with Crippen molar-refractivity contribution in [3.8, 4) is 11.8 Å². The maximum atomic E-state index is 13.5. The average Bonchev–Trinajstić information content (AvgIpc) is 3.13. The first kappa shape index (κ1) is 21.7.